The average Bonchev–Trinajstić information content (AvgIpc) is 2.47. The first-order valence-electron chi connectivity index (χ1n) is 6.83. The van der Waals surface area contributed by atoms with Gasteiger partial charge in [0.15, 0.2) is 0 Å². The van der Waals surface area contributed by atoms with Crippen LogP contribution < -0.4 is 9.64 Å². The lowest BCUT2D eigenvalue weighted by molar-refractivity contribution is 0.199. The van der Waals surface area contributed by atoms with Crippen LogP contribution in [0, 0.1) is 5.82 Å². The smallest absolute Gasteiger partial charge is 0.123 e. The zero-order chi connectivity index (χ0) is 15.4. The molecule has 2 aromatic rings. The Balaban J connectivity index is 2.21. The van der Waals surface area contributed by atoms with Gasteiger partial charge in [0.1, 0.15) is 11.6 Å². The van der Waals surface area contributed by atoms with Crippen LogP contribution in [0.5, 0.6) is 5.75 Å². The summed E-state index contributed by atoms with van der Waals surface area (Å²) in [6.07, 6.45) is -0.714. The highest BCUT2D eigenvalue weighted by molar-refractivity contribution is 5.54. The summed E-state index contributed by atoms with van der Waals surface area (Å²) in [7, 11) is 3.55. The van der Waals surface area contributed by atoms with Gasteiger partial charge in [-0.05, 0) is 42.8 Å². The third-order valence-corrected chi connectivity index (χ3v) is 3.43. The molecule has 0 heterocycles. The number of aliphatic hydroxyl groups is 1. The van der Waals surface area contributed by atoms with Crippen LogP contribution in [0.25, 0.3) is 0 Å². The Labute approximate surface area is 124 Å². The molecular weight excluding hydrogens is 269 g/mol. The normalized spacial score (nSPS) is 12.0. The molecule has 0 aliphatic heterocycles. The lowest BCUT2D eigenvalue weighted by atomic mass is 10.1. The topological polar surface area (TPSA) is 32.7 Å². The minimum Gasteiger partial charge on any atom is -0.497 e. The van der Waals surface area contributed by atoms with Gasteiger partial charge in [-0.15, -0.1) is 0 Å². The van der Waals surface area contributed by atoms with E-state index in [2.05, 4.69) is 0 Å². The molecule has 2 aromatic carbocycles. The molecule has 112 valence electrons. The Morgan fingerprint density at radius 3 is 2.43 bits per heavy atom. The van der Waals surface area contributed by atoms with Crippen molar-refractivity contribution in [3.8, 4) is 5.75 Å². The fourth-order valence-corrected chi connectivity index (χ4v) is 2.30. The molecule has 0 aromatic heterocycles. The first kappa shape index (κ1) is 15.3. The highest BCUT2D eigenvalue weighted by Gasteiger charge is 2.13. The van der Waals surface area contributed by atoms with E-state index in [1.54, 1.807) is 20.1 Å². The second-order valence-electron chi connectivity index (χ2n) is 5.08. The average molecular weight is 289 g/mol. The first-order valence-corrected chi connectivity index (χ1v) is 6.83. The van der Waals surface area contributed by atoms with Crippen LogP contribution in [-0.4, -0.2) is 19.3 Å². The Hall–Kier alpha value is -2.07. The van der Waals surface area contributed by atoms with Gasteiger partial charge in [-0.1, -0.05) is 12.1 Å². The second-order valence-corrected chi connectivity index (χ2v) is 5.08. The Bertz CT molecular complexity index is 596. The molecule has 0 radical (unpaired) electrons. The van der Waals surface area contributed by atoms with Crippen molar-refractivity contribution in [2.24, 2.45) is 0 Å². The van der Waals surface area contributed by atoms with Crippen molar-refractivity contribution in [1.82, 2.24) is 0 Å². The fraction of sp³-hybridized carbons (Fsp3) is 0.294. The predicted octanol–water partition coefficient (Wildman–Crippen LogP) is 3.52. The second kappa shape index (κ2) is 6.59. The summed E-state index contributed by atoms with van der Waals surface area (Å²) in [5.41, 5.74) is 2.52. The summed E-state index contributed by atoms with van der Waals surface area (Å²) in [6, 6.07) is 12.3. The predicted molar refractivity (Wildman–Crippen MR) is 82.1 cm³/mol. The van der Waals surface area contributed by atoms with Crippen LogP contribution in [0.3, 0.4) is 0 Å². The Kier molecular flexibility index (Phi) is 4.81. The van der Waals surface area contributed by atoms with E-state index in [4.69, 9.17) is 4.74 Å². The number of ether oxygens (including phenoxy) is 1. The quantitative estimate of drug-likeness (QED) is 0.914. The third-order valence-electron chi connectivity index (χ3n) is 3.43. The van der Waals surface area contributed by atoms with Crippen molar-refractivity contribution >= 4 is 5.69 Å². The van der Waals surface area contributed by atoms with Crippen molar-refractivity contribution in [2.45, 2.75) is 19.6 Å². The summed E-state index contributed by atoms with van der Waals surface area (Å²) >= 11 is 0. The van der Waals surface area contributed by atoms with E-state index < -0.39 is 6.10 Å². The molecular formula is C17H20FNO2. The number of hydrogen-bond acceptors (Lipinski definition) is 3. The summed E-state index contributed by atoms with van der Waals surface area (Å²) in [4.78, 5) is 1.99. The Morgan fingerprint density at radius 2 is 1.86 bits per heavy atom. The van der Waals surface area contributed by atoms with Gasteiger partial charge in [-0.2, -0.15) is 0 Å². The number of hydrogen-bond donors (Lipinski definition) is 1. The van der Waals surface area contributed by atoms with E-state index in [0.717, 1.165) is 17.0 Å². The van der Waals surface area contributed by atoms with E-state index in [-0.39, 0.29) is 5.82 Å². The molecule has 0 bridgehead atoms. The van der Waals surface area contributed by atoms with Crippen molar-refractivity contribution in [1.29, 1.82) is 0 Å². The number of nitrogens with zero attached hydrogens (tertiary/aromatic N) is 1. The number of rotatable bonds is 5. The molecule has 1 atom stereocenters. The third kappa shape index (κ3) is 3.73. The molecule has 1 N–H and O–H groups in total. The molecule has 0 fully saturated rings. The highest BCUT2D eigenvalue weighted by atomic mass is 19.1. The van der Waals surface area contributed by atoms with Crippen LogP contribution in [0.4, 0.5) is 10.1 Å². The van der Waals surface area contributed by atoms with Crippen molar-refractivity contribution < 1.29 is 14.2 Å². The lowest BCUT2D eigenvalue weighted by Crippen LogP contribution is -2.18. The maximum Gasteiger partial charge on any atom is 0.123 e. The molecule has 0 saturated carbocycles. The minimum absolute atomic E-state index is 0.340. The fourth-order valence-electron chi connectivity index (χ4n) is 2.30. The molecule has 4 heteroatoms. The van der Waals surface area contributed by atoms with Crippen molar-refractivity contribution in [2.75, 3.05) is 19.1 Å². The van der Waals surface area contributed by atoms with Gasteiger partial charge in [0, 0.05) is 24.8 Å². The SMILES string of the molecule is COc1ccc(CN(C)c2ccc(F)cc2[C@H](C)O)cc1. The van der Waals surface area contributed by atoms with Gasteiger partial charge in [0.05, 0.1) is 13.2 Å². The number of methoxy groups -OCH3 is 1. The van der Waals surface area contributed by atoms with Gasteiger partial charge in [-0.25, -0.2) is 4.39 Å². The van der Waals surface area contributed by atoms with Gasteiger partial charge in [0.2, 0.25) is 0 Å². The molecule has 3 nitrogen and oxygen atoms in total. The molecule has 0 unspecified atom stereocenters. The van der Waals surface area contributed by atoms with Gasteiger partial charge in [-0.3, -0.25) is 0 Å². The van der Waals surface area contributed by atoms with E-state index in [1.807, 2.05) is 36.2 Å². The van der Waals surface area contributed by atoms with Crippen LogP contribution in [0.15, 0.2) is 42.5 Å². The van der Waals surface area contributed by atoms with Gasteiger partial charge < -0.3 is 14.7 Å². The summed E-state index contributed by atoms with van der Waals surface area (Å²) < 4.78 is 18.5. The molecule has 0 amide bonds. The standard InChI is InChI=1S/C17H20FNO2/c1-12(20)16-10-14(18)6-9-17(16)19(2)11-13-4-7-15(21-3)8-5-13/h4-10,12,20H,11H2,1-3H3/t12-/m0/s1. The summed E-state index contributed by atoms with van der Waals surface area (Å²) in [5, 5.41) is 9.80. The van der Waals surface area contributed by atoms with E-state index in [1.165, 1.54) is 12.1 Å². The lowest BCUT2D eigenvalue weighted by Gasteiger charge is -2.24. The molecule has 0 spiro atoms. The first-order chi connectivity index (χ1) is 10.0. The monoisotopic (exact) mass is 289 g/mol. The van der Waals surface area contributed by atoms with Crippen LogP contribution in [0.1, 0.15) is 24.2 Å². The zero-order valence-electron chi connectivity index (χ0n) is 12.5. The summed E-state index contributed by atoms with van der Waals surface area (Å²) in [6.45, 7) is 2.30. The number of anilines is 1. The molecule has 0 aliphatic rings. The molecule has 0 aliphatic carbocycles. The van der Waals surface area contributed by atoms with E-state index in [9.17, 15) is 9.50 Å². The van der Waals surface area contributed by atoms with E-state index in [0.29, 0.717) is 12.1 Å². The van der Waals surface area contributed by atoms with E-state index >= 15 is 0 Å². The minimum atomic E-state index is -0.714. The van der Waals surface area contributed by atoms with Crippen LogP contribution in [0.2, 0.25) is 0 Å². The maximum absolute atomic E-state index is 13.3. The maximum atomic E-state index is 13.3. The van der Waals surface area contributed by atoms with Crippen molar-refractivity contribution in [3.63, 3.8) is 0 Å². The van der Waals surface area contributed by atoms with Crippen LogP contribution in [-0.2, 0) is 6.54 Å². The van der Waals surface area contributed by atoms with Gasteiger partial charge >= 0.3 is 0 Å². The highest BCUT2D eigenvalue weighted by Crippen LogP contribution is 2.27. The zero-order valence-corrected chi connectivity index (χ0v) is 12.5. The molecule has 2 rings (SSSR count). The van der Waals surface area contributed by atoms with Gasteiger partial charge in [0.25, 0.3) is 0 Å². The molecule has 21 heavy (non-hydrogen) atoms. The number of halogens is 1. The van der Waals surface area contributed by atoms with Crippen molar-refractivity contribution in [3.05, 3.63) is 59.4 Å². The molecule has 0 saturated heterocycles. The number of benzene rings is 2. The summed E-state index contributed by atoms with van der Waals surface area (Å²) in [5.74, 6) is 0.473. The largest absolute Gasteiger partial charge is 0.497 e. The van der Waals surface area contributed by atoms with Crippen LogP contribution >= 0.6 is 0 Å². The Morgan fingerprint density at radius 1 is 1.19 bits per heavy atom. The number of aliphatic hydroxyl groups excluding tert-OH is 1.